The van der Waals surface area contributed by atoms with Crippen LogP contribution >= 0.6 is 0 Å². The van der Waals surface area contributed by atoms with E-state index in [1.807, 2.05) is 13.0 Å². The zero-order valence-electron chi connectivity index (χ0n) is 18.4. The summed E-state index contributed by atoms with van der Waals surface area (Å²) in [6.45, 7) is 3.56. The van der Waals surface area contributed by atoms with E-state index in [-0.39, 0.29) is 16.8 Å². The molecule has 7 nitrogen and oxygen atoms in total. The highest BCUT2D eigenvalue weighted by Crippen LogP contribution is 2.30. The van der Waals surface area contributed by atoms with Gasteiger partial charge in [0.1, 0.15) is 0 Å². The lowest BCUT2D eigenvalue weighted by Gasteiger charge is -2.18. The van der Waals surface area contributed by atoms with Gasteiger partial charge in [-0.15, -0.1) is 0 Å². The predicted octanol–water partition coefficient (Wildman–Crippen LogP) is 4.30. The quantitative estimate of drug-likeness (QED) is 0.529. The molecule has 1 unspecified atom stereocenters. The van der Waals surface area contributed by atoms with Gasteiger partial charge in [0, 0.05) is 5.56 Å². The van der Waals surface area contributed by atoms with E-state index in [1.54, 1.807) is 69.7 Å². The Bertz CT molecular complexity index is 1210. The van der Waals surface area contributed by atoms with Crippen molar-refractivity contribution < 1.29 is 22.7 Å². The van der Waals surface area contributed by atoms with E-state index >= 15 is 0 Å². The number of nitrogens with one attached hydrogen (secondary N) is 2. The van der Waals surface area contributed by atoms with Gasteiger partial charge in [0.15, 0.2) is 11.5 Å². The van der Waals surface area contributed by atoms with Gasteiger partial charge in [-0.1, -0.05) is 30.3 Å². The van der Waals surface area contributed by atoms with Crippen molar-refractivity contribution in [3.05, 3.63) is 83.4 Å². The second-order valence-corrected chi connectivity index (χ2v) is 8.89. The van der Waals surface area contributed by atoms with E-state index in [0.29, 0.717) is 28.3 Å². The second-order valence-electron chi connectivity index (χ2n) is 7.21. The molecule has 0 saturated heterocycles. The Morgan fingerprint density at radius 1 is 0.906 bits per heavy atom. The van der Waals surface area contributed by atoms with Crippen molar-refractivity contribution >= 4 is 21.6 Å². The Kier molecular flexibility index (Phi) is 7.05. The van der Waals surface area contributed by atoms with E-state index in [9.17, 15) is 13.2 Å². The number of rotatable bonds is 8. The second kappa shape index (κ2) is 9.74. The SMILES string of the molecule is COc1ccc(C(C)NC(=O)c2cccc(NS(=O)(=O)c3ccccc3)c2C)cc1OC. The van der Waals surface area contributed by atoms with Gasteiger partial charge in [-0.3, -0.25) is 9.52 Å². The molecule has 0 heterocycles. The number of benzene rings is 3. The molecule has 0 aliphatic carbocycles. The maximum absolute atomic E-state index is 13.0. The van der Waals surface area contributed by atoms with Crippen molar-refractivity contribution in [2.45, 2.75) is 24.8 Å². The van der Waals surface area contributed by atoms with E-state index in [0.717, 1.165) is 5.56 Å². The largest absolute Gasteiger partial charge is 0.493 e. The molecule has 0 fully saturated rings. The Morgan fingerprint density at radius 2 is 1.59 bits per heavy atom. The molecule has 2 N–H and O–H groups in total. The highest BCUT2D eigenvalue weighted by atomic mass is 32.2. The van der Waals surface area contributed by atoms with Crippen molar-refractivity contribution in [3.8, 4) is 11.5 Å². The predicted molar refractivity (Wildman–Crippen MR) is 124 cm³/mol. The number of sulfonamides is 1. The molecular formula is C24H26N2O5S. The number of carbonyl (C=O) groups excluding carboxylic acids is 1. The van der Waals surface area contributed by atoms with E-state index < -0.39 is 10.0 Å². The van der Waals surface area contributed by atoms with Crippen LogP contribution in [-0.2, 0) is 10.0 Å². The maximum Gasteiger partial charge on any atom is 0.261 e. The Hall–Kier alpha value is -3.52. The first-order valence-electron chi connectivity index (χ1n) is 9.97. The first-order chi connectivity index (χ1) is 15.3. The molecule has 0 bridgehead atoms. The molecule has 0 spiro atoms. The Labute approximate surface area is 188 Å². The standard InChI is InChI=1S/C24H26N2O5S/c1-16-20(11-8-12-21(16)26-32(28,29)19-9-6-5-7-10-19)24(27)25-17(2)18-13-14-22(30-3)23(15-18)31-4/h5-15,17,26H,1-4H3,(H,25,27). The average molecular weight is 455 g/mol. The highest BCUT2D eigenvalue weighted by molar-refractivity contribution is 7.92. The number of hydrogen-bond acceptors (Lipinski definition) is 5. The summed E-state index contributed by atoms with van der Waals surface area (Å²) in [6.07, 6.45) is 0. The molecule has 0 aromatic heterocycles. The minimum absolute atomic E-state index is 0.149. The van der Waals surface area contributed by atoms with Crippen LogP contribution in [0.1, 0.15) is 34.5 Å². The zero-order valence-corrected chi connectivity index (χ0v) is 19.2. The topological polar surface area (TPSA) is 93.7 Å². The maximum atomic E-state index is 13.0. The molecule has 0 aliphatic heterocycles. The fourth-order valence-electron chi connectivity index (χ4n) is 3.28. The van der Waals surface area contributed by atoms with Gasteiger partial charge >= 0.3 is 0 Å². The van der Waals surface area contributed by atoms with Gasteiger partial charge in [0.2, 0.25) is 0 Å². The lowest BCUT2D eigenvalue weighted by Crippen LogP contribution is -2.27. The normalized spacial score (nSPS) is 12.0. The summed E-state index contributed by atoms with van der Waals surface area (Å²) in [6, 6.07) is 18.1. The first kappa shape index (κ1) is 23.1. The van der Waals surface area contributed by atoms with E-state index in [4.69, 9.17) is 9.47 Å². The molecule has 3 rings (SSSR count). The number of amides is 1. The summed E-state index contributed by atoms with van der Waals surface area (Å²) in [7, 11) is -0.654. The van der Waals surface area contributed by atoms with Crippen LogP contribution in [0.25, 0.3) is 0 Å². The average Bonchev–Trinajstić information content (AvgIpc) is 2.80. The fourth-order valence-corrected chi connectivity index (χ4v) is 4.42. The summed E-state index contributed by atoms with van der Waals surface area (Å²) >= 11 is 0. The van der Waals surface area contributed by atoms with Crippen LogP contribution in [0.4, 0.5) is 5.69 Å². The number of hydrogen-bond donors (Lipinski definition) is 2. The van der Waals surface area contributed by atoms with Crippen LogP contribution < -0.4 is 19.5 Å². The summed E-state index contributed by atoms with van der Waals surface area (Å²) in [4.78, 5) is 13.1. The third kappa shape index (κ3) is 5.03. The lowest BCUT2D eigenvalue weighted by molar-refractivity contribution is 0.0939. The molecule has 0 radical (unpaired) electrons. The highest BCUT2D eigenvalue weighted by Gasteiger charge is 2.19. The third-order valence-electron chi connectivity index (χ3n) is 5.13. The molecular weight excluding hydrogens is 428 g/mol. The van der Waals surface area contributed by atoms with Gasteiger partial charge < -0.3 is 14.8 Å². The number of anilines is 1. The van der Waals surface area contributed by atoms with Gasteiger partial charge in [-0.05, 0) is 61.4 Å². The molecule has 3 aromatic carbocycles. The van der Waals surface area contributed by atoms with Crippen LogP contribution in [-0.4, -0.2) is 28.5 Å². The molecule has 32 heavy (non-hydrogen) atoms. The molecule has 0 saturated carbocycles. The van der Waals surface area contributed by atoms with Crippen LogP contribution in [0, 0.1) is 6.92 Å². The monoisotopic (exact) mass is 454 g/mol. The first-order valence-corrected chi connectivity index (χ1v) is 11.5. The van der Waals surface area contributed by atoms with Crippen LogP contribution in [0.2, 0.25) is 0 Å². The van der Waals surface area contributed by atoms with Crippen LogP contribution in [0.3, 0.4) is 0 Å². The van der Waals surface area contributed by atoms with E-state index in [2.05, 4.69) is 10.0 Å². The van der Waals surface area contributed by atoms with Crippen molar-refractivity contribution in [1.82, 2.24) is 5.32 Å². The van der Waals surface area contributed by atoms with Crippen molar-refractivity contribution in [2.75, 3.05) is 18.9 Å². The fraction of sp³-hybridized carbons (Fsp3) is 0.208. The molecule has 8 heteroatoms. The third-order valence-corrected chi connectivity index (χ3v) is 6.51. The lowest BCUT2D eigenvalue weighted by atomic mass is 10.0. The number of ether oxygens (including phenoxy) is 2. The van der Waals surface area contributed by atoms with Gasteiger partial charge in [-0.25, -0.2) is 8.42 Å². The Balaban J connectivity index is 1.81. The summed E-state index contributed by atoms with van der Waals surface area (Å²) < 4.78 is 38.5. The smallest absolute Gasteiger partial charge is 0.261 e. The molecule has 1 amide bonds. The Morgan fingerprint density at radius 3 is 2.25 bits per heavy atom. The van der Waals surface area contributed by atoms with Crippen molar-refractivity contribution in [3.63, 3.8) is 0 Å². The summed E-state index contributed by atoms with van der Waals surface area (Å²) in [5, 5.41) is 2.95. The van der Waals surface area contributed by atoms with Gasteiger partial charge in [0.25, 0.3) is 15.9 Å². The van der Waals surface area contributed by atoms with Gasteiger partial charge in [0.05, 0.1) is 30.8 Å². The number of carbonyl (C=O) groups is 1. The van der Waals surface area contributed by atoms with Crippen LogP contribution in [0.5, 0.6) is 11.5 Å². The minimum Gasteiger partial charge on any atom is -0.493 e. The molecule has 1 atom stereocenters. The minimum atomic E-state index is -3.77. The van der Waals surface area contributed by atoms with Crippen LogP contribution in [0.15, 0.2) is 71.6 Å². The summed E-state index contributed by atoms with van der Waals surface area (Å²) in [5.74, 6) is 0.856. The van der Waals surface area contributed by atoms with Crippen molar-refractivity contribution in [1.29, 1.82) is 0 Å². The van der Waals surface area contributed by atoms with E-state index in [1.165, 1.54) is 12.1 Å². The molecule has 3 aromatic rings. The summed E-state index contributed by atoms with van der Waals surface area (Å²) in [5.41, 5.74) is 2.10. The molecule has 0 aliphatic rings. The molecule has 168 valence electrons. The van der Waals surface area contributed by atoms with Crippen molar-refractivity contribution in [2.24, 2.45) is 0 Å². The number of methoxy groups -OCH3 is 2. The van der Waals surface area contributed by atoms with Gasteiger partial charge in [-0.2, -0.15) is 0 Å². The zero-order chi connectivity index (χ0) is 23.3.